The van der Waals surface area contributed by atoms with Crippen LogP contribution in [0.4, 0.5) is 0 Å². The van der Waals surface area contributed by atoms with Crippen molar-refractivity contribution in [1.82, 2.24) is 15.5 Å². The molecule has 2 N–H and O–H groups in total. The summed E-state index contributed by atoms with van der Waals surface area (Å²) in [6, 6.07) is 16.8. The number of rotatable bonds is 8. The molecular formula is C23H32N4O2. The Balaban J connectivity index is 1.39. The van der Waals surface area contributed by atoms with Gasteiger partial charge in [0.25, 0.3) is 0 Å². The van der Waals surface area contributed by atoms with Gasteiger partial charge in [-0.1, -0.05) is 42.0 Å². The molecule has 1 saturated heterocycles. The molecule has 2 aromatic carbocycles. The number of nitrogens with zero attached hydrogens (tertiary/aromatic N) is 2. The molecule has 0 unspecified atom stereocenters. The Labute approximate surface area is 173 Å². The maximum Gasteiger partial charge on any atom is 0.191 e. The van der Waals surface area contributed by atoms with Crippen LogP contribution in [0.25, 0.3) is 0 Å². The minimum Gasteiger partial charge on any atom is -0.492 e. The van der Waals surface area contributed by atoms with E-state index in [9.17, 15) is 0 Å². The summed E-state index contributed by atoms with van der Waals surface area (Å²) in [6.07, 6.45) is 0. The number of aryl methyl sites for hydroxylation is 1. The van der Waals surface area contributed by atoms with Gasteiger partial charge in [0.05, 0.1) is 19.8 Å². The molecule has 0 radical (unpaired) electrons. The highest BCUT2D eigenvalue weighted by atomic mass is 16.5. The van der Waals surface area contributed by atoms with Crippen LogP contribution < -0.4 is 15.4 Å². The lowest BCUT2D eigenvalue weighted by Gasteiger charge is -2.26. The first-order valence-corrected chi connectivity index (χ1v) is 10.2. The summed E-state index contributed by atoms with van der Waals surface area (Å²) in [5.41, 5.74) is 3.81. The van der Waals surface area contributed by atoms with E-state index >= 15 is 0 Å². The molecule has 1 heterocycles. The Morgan fingerprint density at radius 3 is 2.59 bits per heavy atom. The first-order valence-electron chi connectivity index (χ1n) is 10.2. The number of hydrogen-bond donors (Lipinski definition) is 2. The third kappa shape index (κ3) is 7.40. The molecule has 156 valence electrons. The van der Waals surface area contributed by atoms with Gasteiger partial charge in [0, 0.05) is 33.2 Å². The van der Waals surface area contributed by atoms with E-state index in [-0.39, 0.29) is 0 Å². The van der Waals surface area contributed by atoms with Crippen molar-refractivity contribution in [2.75, 3.05) is 46.5 Å². The molecule has 2 aromatic rings. The topological polar surface area (TPSA) is 58.1 Å². The van der Waals surface area contributed by atoms with Gasteiger partial charge < -0.3 is 20.1 Å². The number of guanidine groups is 1. The van der Waals surface area contributed by atoms with Gasteiger partial charge in [0.1, 0.15) is 12.4 Å². The van der Waals surface area contributed by atoms with E-state index in [0.29, 0.717) is 13.2 Å². The number of hydrogen-bond acceptors (Lipinski definition) is 4. The third-order valence-electron chi connectivity index (χ3n) is 4.87. The summed E-state index contributed by atoms with van der Waals surface area (Å²) in [6.45, 7) is 8.71. The minimum absolute atomic E-state index is 0.582. The van der Waals surface area contributed by atoms with Crippen LogP contribution in [0, 0.1) is 6.92 Å². The lowest BCUT2D eigenvalue weighted by molar-refractivity contribution is 0.0342. The number of ether oxygens (including phenoxy) is 2. The average molecular weight is 397 g/mol. The molecule has 6 heteroatoms. The molecule has 0 amide bonds. The van der Waals surface area contributed by atoms with Crippen LogP contribution in [0.15, 0.2) is 53.5 Å². The van der Waals surface area contributed by atoms with E-state index in [2.05, 4.69) is 63.8 Å². The smallest absolute Gasteiger partial charge is 0.191 e. The monoisotopic (exact) mass is 396 g/mol. The van der Waals surface area contributed by atoms with Gasteiger partial charge >= 0.3 is 0 Å². The van der Waals surface area contributed by atoms with Gasteiger partial charge in [0.15, 0.2) is 5.96 Å². The molecule has 1 fully saturated rings. The van der Waals surface area contributed by atoms with Crippen molar-refractivity contribution in [1.29, 1.82) is 0 Å². The van der Waals surface area contributed by atoms with E-state index in [4.69, 9.17) is 9.47 Å². The maximum absolute atomic E-state index is 5.75. The number of aliphatic imine (C=N–C) groups is 1. The van der Waals surface area contributed by atoms with Crippen molar-refractivity contribution >= 4 is 5.96 Å². The first-order chi connectivity index (χ1) is 14.2. The zero-order valence-electron chi connectivity index (χ0n) is 17.5. The van der Waals surface area contributed by atoms with E-state index in [0.717, 1.165) is 51.1 Å². The minimum atomic E-state index is 0.582. The van der Waals surface area contributed by atoms with Crippen molar-refractivity contribution in [3.8, 4) is 5.75 Å². The maximum atomic E-state index is 5.75. The standard InChI is InChI=1S/C23H32N4O2/c1-19-6-8-22(9-7-19)29-13-10-25-23(24-2)26-17-20-4-3-5-21(16-20)18-27-11-14-28-15-12-27/h3-9,16H,10-15,17-18H2,1-2H3,(H2,24,25,26). The molecule has 0 atom stereocenters. The van der Waals surface area contributed by atoms with Crippen LogP contribution in [0.2, 0.25) is 0 Å². The molecule has 29 heavy (non-hydrogen) atoms. The molecule has 0 spiro atoms. The fraction of sp³-hybridized carbons (Fsp3) is 0.435. The number of nitrogens with one attached hydrogen (secondary N) is 2. The first kappa shape index (κ1) is 21.1. The van der Waals surface area contributed by atoms with Crippen LogP contribution in [-0.2, 0) is 17.8 Å². The van der Waals surface area contributed by atoms with Gasteiger partial charge in [-0.05, 0) is 30.2 Å². The van der Waals surface area contributed by atoms with Crippen LogP contribution in [-0.4, -0.2) is 57.4 Å². The molecule has 1 aliphatic heterocycles. The predicted octanol–water partition coefficient (Wildman–Crippen LogP) is 2.57. The lowest BCUT2D eigenvalue weighted by Crippen LogP contribution is -2.39. The van der Waals surface area contributed by atoms with Gasteiger partial charge in [-0.2, -0.15) is 0 Å². The van der Waals surface area contributed by atoms with Crippen molar-refractivity contribution in [2.45, 2.75) is 20.0 Å². The van der Waals surface area contributed by atoms with E-state index in [1.165, 1.54) is 16.7 Å². The van der Waals surface area contributed by atoms with Crippen molar-refractivity contribution < 1.29 is 9.47 Å². The predicted molar refractivity (Wildman–Crippen MR) is 117 cm³/mol. The number of morpholine rings is 1. The van der Waals surface area contributed by atoms with Gasteiger partial charge in [0.2, 0.25) is 0 Å². The summed E-state index contributed by atoms with van der Waals surface area (Å²) < 4.78 is 11.2. The van der Waals surface area contributed by atoms with Gasteiger partial charge in [-0.3, -0.25) is 9.89 Å². The fourth-order valence-corrected chi connectivity index (χ4v) is 3.23. The number of benzene rings is 2. The molecule has 0 bridgehead atoms. The Morgan fingerprint density at radius 1 is 1.07 bits per heavy atom. The zero-order valence-corrected chi connectivity index (χ0v) is 17.5. The molecule has 6 nitrogen and oxygen atoms in total. The molecule has 1 aliphatic rings. The molecule has 3 rings (SSSR count). The van der Waals surface area contributed by atoms with Crippen molar-refractivity contribution in [3.63, 3.8) is 0 Å². The van der Waals surface area contributed by atoms with Crippen LogP contribution in [0.3, 0.4) is 0 Å². The quantitative estimate of drug-likeness (QED) is 0.408. The second-order valence-corrected chi connectivity index (χ2v) is 7.22. The van der Waals surface area contributed by atoms with Crippen LogP contribution in [0.5, 0.6) is 5.75 Å². The van der Waals surface area contributed by atoms with Crippen LogP contribution >= 0.6 is 0 Å². The average Bonchev–Trinajstić information content (AvgIpc) is 2.75. The Bertz CT molecular complexity index is 771. The van der Waals surface area contributed by atoms with Crippen LogP contribution in [0.1, 0.15) is 16.7 Å². The molecule has 0 aromatic heterocycles. The fourth-order valence-electron chi connectivity index (χ4n) is 3.23. The van der Waals surface area contributed by atoms with E-state index in [1.54, 1.807) is 7.05 Å². The lowest BCUT2D eigenvalue weighted by atomic mass is 10.1. The SMILES string of the molecule is CN=C(NCCOc1ccc(C)cc1)NCc1cccc(CN2CCOCC2)c1. The summed E-state index contributed by atoms with van der Waals surface area (Å²) >= 11 is 0. The zero-order chi connectivity index (χ0) is 20.3. The third-order valence-corrected chi connectivity index (χ3v) is 4.87. The summed E-state index contributed by atoms with van der Waals surface area (Å²) in [5, 5.41) is 6.67. The van der Waals surface area contributed by atoms with E-state index in [1.807, 2.05) is 12.1 Å². The normalized spacial score (nSPS) is 15.2. The second kappa shape index (κ2) is 11.4. The molecular weight excluding hydrogens is 364 g/mol. The molecule has 0 aliphatic carbocycles. The van der Waals surface area contributed by atoms with Gasteiger partial charge in [-0.25, -0.2) is 0 Å². The van der Waals surface area contributed by atoms with Crippen molar-refractivity contribution in [2.24, 2.45) is 4.99 Å². The van der Waals surface area contributed by atoms with Gasteiger partial charge in [-0.15, -0.1) is 0 Å². The van der Waals surface area contributed by atoms with Crippen molar-refractivity contribution in [3.05, 3.63) is 65.2 Å². The highest BCUT2D eigenvalue weighted by molar-refractivity contribution is 5.79. The molecule has 0 saturated carbocycles. The summed E-state index contributed by atoms with van der Waals surface area (Å²) in [5.74, 6) is 1.66. The summed E-state index contributed by atoms with van der Waals surface area (Å²) in [4.78, 5) is 6.73. The Morgan fingerprint density at radius 2 is 1.83 bits per heavy atom. The largest absolute Gasteiger partial charge is 0.492 e. The van der Waals surface area contributed by atoms with E-state index < -0.39 is 0 Å². The Hall–Kier alpha value is -2.57. The Kier molecular flexibility index (Phi) is 8.34. The summed E-state index contributed by atoms with van der Waals surface area (Å²) in [7, 11) is 1.78. The second-order valence-electron chi connectivity index (χ2n) is 7.22. The highest BCUT2D eigenvalue weighted by Gasteiger charge is 2.10. The highest BCUT2D eigenvalue weighted by Crippen LogP contribution is 2.11.